The molecular formula is C20H21N3O3. The molecule has 134 valence electrons. The van der Waals surface area contributed by atoms with Gasteiger partial charge in [-0.1, -0.05) is 30.3 Å². The van der Waals surface area contributed by atoms with Gasteiger partial charge in [0.2, 0.25) is 0 Å². The molecule has 1 amide bonds. The number of nitrogens with one attached hydrogen (secondary N) is 1. The summed E-state index contributed by atoms with van der Waals surface area (Å²) in [6.45, 7) is 3.30. The third-order valence-electron chi connectivity index (χ3n) is 3.95. The van der Waals surface area contributed by atoms with E-state index in [1.54, 1.807) is 6.21 Å². The summed E-state index contributed by atoms with van der Waals surface area (Å²) in [6, 6.07) is 16.0. The summed E-state index contributed by atoms with van der Waals surface area (Å²) >= 11 is 0. The molecule has 0 fully saturated rings. The highest BCUT2D eigenvalue weighted by Gasteiger charge is 2.07. The SMILES string of the molecule is COC(=O)N/N=C\c1cn(CCOc2cccc(C)c2)c2ccccc12. The normalized spacial score (nSPS) is 11.0. The smallest absolute Gasteiger partial charge is 0.427 e. The number of aromatic nitrogens is 1. The standard InChI is InChI=1S/C20H21N3O3/c1-15-6-5-7-17(12-15)26-11-10-23-14-16(13-21-22-20(24)25-2)18-8-3-4-9-19(18)23/h3-9,12-14H,10-11H2,1-2H3,(H,22,24)/b21-13-. The van der Waals surface area contributed by atoms with Crippen LogP contribution in [0, 0.1) is 6.92 Å². The maximum absolute atomic E-state index is 11.1. The third-order valence-corrected chi connectivity index (χ3v) is 3.95. The molecule has 3 aromatic rings. The Balaban J connectivity index is 1.73. The van der Waals surface area contributed by atoms with Crippen molar-refractivity contribution in [3.8, 4) is 5.75 Å². The fourth-order valence-corrected chi connectivity index (χ4v) is 2.73. The molecule has 0 aliphatic rings. The van der Waals surface area contributed by atoms with Gasteiger partial charge in [0.25, 0.3) is 0 Å². The second-order valence-corrected chi connectivity index (χ2v) is 5.82. The minimum Gasteiger partial charge on any atom is -0.492 e. The number of hydrazone groups is 1. The first-order valence-corrected chi connectivity index (χ1v) is 8.32. The molecule has 26 heavy (non-hydrogen) atoms. The van der Waals surface area contributed by atoms with Gasteiger partial charge in [0.1, 0.15) is 12.4 Å². The minimum absolute atomic E-state index is 0.555. The van der Waals surface area contributed by atoms with Crippen LogP contribution in [0.4, 0.5) is 4.79 Å². The zero-order chi connectivity index (χ0) is 18.4. The molecule has 1 aromatic heterocycles. The number of fused-ring (bicyclic) bond motifs is 1. The van der Waals surface area contributed by atoms with Crippen molar-refractivity contribution in [1.82, 2.24) is 9.99 Å². The molecule has 3 rings (SSSR count). The van der Waals surface area contributed by atoms with E-state index >= 15 is 0 Å². The second-order valence-electron chi connectivity index (χ2n) is 5.82. The number of nitrogens with zero attached hydrogens (tertiary/aromatic N) is 2. The summed E-state index contributed by atoms with van der Waals surface area (Å²) in [5, 5.41) is 4.97. The van der Waals surface area contributed by atoms with Crippen molar-refractivity contribution in [2.75, 3.05) is 13.7 Å². The van der Waals surface area contributed by atoms with Crippen molar-refractivity contribution in [2.45, 2.75) is 13.5 Å². The highest BCUT2D eigenvalue weighted by Crippen LogP contribution is 2.20. The van der Waals surface area contributed by atoms with E-state index in [0.29, 0.717) is 13.2 Å². The number of carbonyl (C=O) groups excluding carboxylic acids is 1. The van der Waals surface area contributed by atoms with E-state index in [-0.39, 0.29) is 0 Å². The summed E-state index contributed by atoms with van der Waals surface area (Å²) in [5.41, 5.74) is 5.46. The number of amides is 1. The predicted molar refractivity (Wildman–Crippen MR) is 102 cm³/mol. The van der Waals surface area contributed by atoms with Crippen molar-refractivity contribution < 1.29 is 14.3 Å². The van der Waals surface area contributed by atoms with E-state index < -0.39 is 6.09 Å². The second kappa shape index (κ2) is 8.20. The van der Waals surface area contributed by atoms with Crippen molar-refractivity contribution in [1.29, 1.82) is 0 Å². The Labute approximate surface area is 152 Å². The molecule has 0 aliphatic heterocycles. The first-order chi connectivity index (χ1) is 12.7. The Morgan fingerprint density at radius 2 is 2.08 bits per heavy atom. The maximum Gasteiger partial charge on any atom is 0.427 e. The number of benzene rings is 2. The zero-order valence-electron chi connectivity index (χ0n) is 14.8. The van der Waals surface area contributed by atoms with Crippen molar-refractivity contribution in [3.05, 3.63) is 65.9 Å². The Hall–Kier alpha value is -3.28. The molecule has 6 heteroatoms. The number of ether oxygens (including phenoxy) is 2. The quantitative estimate of drug-likeness (QED) is 0.544. The Morgan fingerprint density at radius 1 is 1.23 bits per heavy atom. The Bertz CT molecular complexity index is 931. The number of para-hydroxylation sites is 1. The van der Waals surface area contributed by atoms with Crippen LogP contribution in [0.2, 0.25) is 0 Å². The molecule has 0 saturated heterocycles. The number of hydrogen-bond donors (Lipinski definition) is 1. The van der Waals surface area contributed by atoms with Crippen LogP contribution in [0.1, 0.15) is 11.1 Å². The minimum atomic E-state index is -0.600. The van der Waals surface area contributed by atoms with Crippen LogP contribution < -0.4 is 10.2 Å². The lowest BCUT2D eigenvalue weighted by molar-refractivity contribution is 0.171. The molecule has 0 radical (unpaired) electrons. The van der Waals surface area contributed by atoms with Gasteiger partial charge < -0.3 is 14.0 Å². The maximum atomic E-state index is 11.1. The molecule has 0 saturated carbocycles. The van der Waals surface area contributed by atoms with E-state index in [1.807, 2.05) is 61.7 Å². The van der Waals surface area contributed by atoms with Crippen LogP contribution in [0.15, 0.2) is 59.8 Å². The van der Waals surface area contributed by atoms with Gasteiger partial charge in [0.15, 0.2) is 0 Å². The number of hydrogen-bond acceptors (Lipinski definition) is 4. The van der Waals surface area contributed by atoms with Gasteiger partial charge in [-0.2, -0.15) is 5.10 Å². The highest BCUT2D eigenvalue weighted by atomic mass is 16.5. The van der Waals surface area contributed by atoms with Crippen molar-refractivity contribution >= 4 is 23.2 Å². The molecule has 1 heterocycles. The molecule has 6 nitrogen and oxygen atoms in total. The molecule has 0 spiro atoms. The first kappa shape index (κ1) is 17.5. The Morgan fingerprint density at radius 3 is 2.88 bits per heavy atom. The number of carbonyl (C=O) groups is 1. The van der Waals surface area contributed by atoms with Gasteiger partial charge in [-0.3, -0.25) is 0 Å². The number of rotatable bonds is 6. The molecule has 0 bridgehead atoms. The summed E-state index contributed by atoms with van der Waals surface area (Å²) in [7, 11) is 1.30. The fourth-order valence-electron chi connectivity index (χ4n) is 2.73. The van der Waals surface area contributed by atoms with Gasteiger partial charge in [-0.25, -0.2) is 10.2 Å². The van der Waals surface area contributed by atoms with Crippen LogP contribution in [0.3, 0.4) is 0 Å². The Kier molecular flexibility index (Phi) is 5.53. The van der Waals surface area contributed by atoms with E-state index in [0.717, 1.165) is 22.2 Å². The van der Waals surface area contributed by atoms with Crippen LogP contribution in [-0.4, -0.2) is 30.6 Å². The average molecular weight is 351 g/mol. The van der Waals surface area contributed by atoms with E-state index in [1.165, 1.54) is 12.7 Å². The van der Waals surface area contributed by atoms with Crippen LogP contribution in [0.5, 0.6) is 5.75 Å². The first-order valence-electron chi connectivity index (χ1n) is 8.32. The zero-order valence-corrected chi connectivity index (χ0v) is 14.8. The lowest BCUT2D eigenvalue weighted by Crippen LogP contribution is -2.16. The lowest BCUT2D eigenvalue weighted by Gasteiger charge is -2.08. The summed E-state index contributed by atoms with van der Waals surface area (Å²) in [5.74, 6) is 0.866. The van der Waals surface area contributed by atoms with Crippen molar-refractivity contribution in [3.63, 3.8) is 0 Å². The molecule has 2 aromatic carbocycles. The summed E-state index contributed by atoms with van der Waals surface area (Å²) in [4.78, 5) is 11.1. The number of aryl methyl sites for hydroxylation is 1. The van der Waals surface area contributed by atoms with Crippen molar-refractivity contribution in [2.24, 2.45) is 5.10 Å². The van der Waals surface area contributed by atoms with Gasteiger partial charge in [-0.05, 0) is 30.7 Å². The topological polar surface area (TPSA) is 64.8 Å². The van der Waals surface area contributed by atoms with Gasteiger partial charge in [0, 0.05) is 22.7 Å². The van der Waals surface area contributed by atoms with Crippen LogP contribution >= 0.6 is 0 Å². The number of methoxy groups -OCH3 is 1. The van der Waals surface area contributed by atoms with Gasteiger partial charge in [-0.15, -0.1) is 0 Å². The monoisotopic (exact) mass is 351 g/mol. The van der Waals surface area contributed by atoms with Crippen LogP contribution in [0.25, 0.3) is 10.9 Å². The molecule has 0 atom stereocenters. The molecule has 0 aliphatic carbocycles. The lowest BCUT2D eigenvalue weighted by atomic mass is 10.2. The largest absolute Gasteiger partial charge is 0.492 e. The fraction of sp³-hybridized carbons (Fsp3) is 0.200. The van der Waals surface area contributed by atoms with Gasteiger partial charge in [0.05, 0.1) is 19.9 Å². The third kappa shape index (κ3) is 4.22. The van der Waals surface area contributed by atoms with E-state index in [4.69, 9.17) is 4.74 Å². The molecule has 1 N–H and O–H groups in total. The molecule has 0 unspecified atom stereocenters. The highest BCUT2D eigenvalue weighted by molar-refractivity contribution is 5.99. The van der Waals surface area contributed by atoms with E-state index in [2.05, 4.69) is 19.8 Å². The molecular weight excluding hydrogens is 330 g/mol. The summed E-state index contributed by atoms with van der Waals surface area (Å²) < 4.78 is 12.5. The average Bonchev–Trinajstić information content (AvgIpc) is 3.00. The van der Waals surface area contributed by atoms with Gasteiger partial charge >= 0.3 is 6.09 Å². The summed E-state index contributed by atoms with van der Waals surface area (Å²) in [6.07, 6.45) is 3.00. The predicted octanol–water partition coefficient (Wildman–Crippen LogP) is 3.72. The van der Waals surface area contributed by atoms with Crippen LogP contribution in [-0.2, 0) is 11.3 Å². The van der Waals surface area contributed by atoms with E-state index in [9.17, 15) is 4.79 Å².